The lowest BCUT2D eigenvalue weighted by atomic mass is 10.1. The van der Waals surface area contributed by atoms with Crippen LogP contribution >= 0.6 is 0 Å². The van der Waals surface area contributed by atoms with Gasteiger partial charge in [0.15, 0.2) is 0 Å². The molecule has 0 unspecified atom stereocenters. The second-order valence-electron chi connectivity index (χ2n) is 5.20. The first-order valence-electron chi connectivity index (χ1n) is 7.28. The summed E-state index contributed by atoms with van der Waals surface area (Å²) in [6.07, 6.45) is 0. The summed E-state index contributed by atoms with van der Waals surface area (Å²) in [7, 11) is 0. The molecular weight excluding hydrogens is 273 g/mol. The number of carbonyl (C=O) groups is 1. The molecule has 21 heavy (non-hydrogen) atoms. The third-order valence-corrected chi connectivity index (χ3v) is 3.78. The van der Waals surface area contributed by atoms with Gasteiger partial charge in [0.1, 0.15) is 5.82 Å². The molecular formula is C15H22FN3O2. The first-order valence-corrected chi connectivity index (χ1v) is 7.28. The highest BCUT2D eigenvalue weighted by molar-refractivity contribution is 5.69. The van der Waals surface area contributed by atoms with E-state index in [1.54, 1.807) is 6.07 Å². The first kappa shape index (κ1) is 15.7. The zero-order valence-electron chi connectivity index (χ0n) is 12.3. The molecule has 1 fully saturated rings. The Kier molecular flexibility index (Phi) is 5.52. The van der Waals surface area contributed by atoms with E-state index in [2.05, 4.69) is 22.0 Å². The van der Waals surface area contributed by atoms with Crippen molar-refractivity contribution in [2.24, 2.45) is 0 Å². The van der Waals surface area contributed by atoms with Crippen molar-refractivity contribution in [1.82, 2.24) is 10.2 Å². The number of nitrogens with zero attached hydrogens (tertiary/aromatic N) is 2. The van der Waals surface area contributed by atoms with Gasteiger partial charge < -0.3 is 20.2 Å². The summed E-state index contributed by atoms with van der Waals surface area (Å²) in [6.45, 7) is 7.00. The smallest absolute Gasteiger partial charge is 0.317 e. The van der Waals surface area contributed by atoms with Crippen LogP contribution in [0.25, 0.3) is 0 Å². The van der Waals surface area contributed by atoms with Crippen molar-refractivity contribution >= 4 is 11.7 Å². The molecule has 5 nitrogen and oxygen atoms in total. The molecule has 0 aromatic heterocycles. The fourth-order valence-corrected chi connectivity index (χ4v) is 2.53. The Balaban J connectivity index is 2.00. The first-order chi connectivity index (χ1) is 10.1. The van der Waals surface area contributed by atoms with Crippen LogP contribution in [0.1, 0.15) is 12.5 Å². The predicted molar refractivity (Wildman–Crippen MR) is 80.1 cm³/mol. The molecule has 2 N–H and O–H groups in total. The maximum atomic E-state index is 14.0. The highest BCUT2D eigenvalue weighted by atomic mass is 19.1. The number of carboxylic acids is 1. The molecule has 0 bridgehead atoms. The third-order valence-electron chi connectivity index (χ3n) is 3.78. The summed E-state index contributed by atoms with van der Waals surface area (Å²) in [5, 5.41) is 11.4. The van der Waals surface area contributed by atoms with E-state index in [4.69, 9.17) is 5.11 Å². The van der Waals surface area contributed by atoms with E-state index in [1.165, 1.54) is 6.07 Å². The van der Waals surface area contributed by atoms with Gasteiger partial charge in [-0.3, -0.25) is 4.79 Å². The molecule has 1 saturated heterocycles. The number of hydrogen-bond acceptors (Lipinski definition) is 4. The molecule has 0 spiro atoms. The van der Waals surface area contributed by atoms with Crippen LogP contribution in [0.4, 0.5) is 10.1 Å². The average molecular weight is 295 g/mol. The van der Waals surface area contributed by atoms with Crippen molar-refractivity contribution in [2.75, 3.05) is 44.2 Å². The Bertz CT molecular complexity index is 488. The normalized spacial score (nSPS) is 16.2. The topological polar surface area (TPSA) is 55.8 Å². The molecule has 0 aliphatic carbocycles. The second-order valence-corrected chi connectivity index (χ2v) is 5.20. The molecule has 1 heterocycles. The lowest BCUT2D eigenvalue weighted by molar-refractivity contribution is -0.135. The Morgan fingerprint density at radius 1 is 1.33 bits per heavy atom. The summed E-state index contributed by atoms with van der Waals surface area (Å²) in [5.74, 6) is -1.12. The van der Waals surface area contributed by atoms with Gasteiger partial charge in [0.05, 0.1) is 12.2 Å². The summed E-state index contributed by atoms with van der Waals surface area (Å²) in [4.78, 5) is 14.9. The molecule has 1 aliphatic rings. The van der Waals surface area contributed by atoms with Gasteiger partial charge in [0.25, 0.3) is 0 Å². The Labute approximate surface area is 124 Å². The minimum atomic E-state index is -0.895. The number of benzene rings is 1. The molecule has 0 amide bonds. The summed E-state index contributed by atoms with van der Waals surface area (Å²) in [5.41, 5.74) is 1.51. The van der Waals surface area contributed by atoms with Gasteiger partial charge in [-0.2, -0.15) is 0 Å². The van der Waals surface area contributed by atoms with E-state index in [1.807, 2.05) is 6.07 Å². The van der Waals surface area contributed by atoms with Gasteiger partial charge in [0, 0.05) is 32.7 Å². The van der Waals surface area contributed by atoms with Crippen molar-refractivity contribution in [3.05, 3.63) is 29.6 Å². The molecule has 0 atom stereocenters. The molecule has 0 saturated carbocycles. The van der Waals surface area contributed by atoms with Crippen LogP contribution in [-0.2, 0) is 11.3 Å². The predicted octanol–water partition coefficient (Wildman–Crippen LogP) is 1.14. The Morgan fingerprint density at radius 2 is 2.05 bits per heavy atom. The van der Waals surface area contributed by atoms with Crippen molar-refractivity contribution in [3.8, 4) is 0 Å². The molecule has 2 rings (SSSR count). The number of rotatable bonds is 6. The van der Waals surface area contributed by atoms with Crippen molar-refractivity contribution in [3.63, 3.8) is 0 Å². The minimum absolute atomic E-state index is 0.0954. The van der Waals surface area contributed by atoms with E-state index < -0.39 is 5.97 Å². The molecule has 1 aliphatic heterocycles. The van der Waals surface area contributed by atoms with Crippen LogP contribution in [0.2, 0.25) is 0 Å². The van der Waals surface area contributed by atoms with E-state index in [-0.39, 0.29) is 12.4 Å². The van der Waals surface area contributed by atoms with Crippen LogP contribution < -0.4 is 10.2 Å². The highest BCUT2D eigenvalue weighted by Crippen LogP contribution is 2.22. The Morgan fingerprint density at radius 3 is 2.67 bits per heavy atom. The van der Waals surface area contributed by atoms with Crippen LogP contribution in [0.3, 0.4) is 0 Å². The molecule has 1 aromatic carbocycles. The number of piperazine rings is 1. The summed E-state index contributed by atoms with van der Waals surface area (Å²) >= 11 is 0. The Hall–Kier alpha value is -1.66. The summed E-state index contributed by atoms with van der Waals surface area (Å²) < 4.78 is 14.0. The standard InChI is InChI=1S/C15H22FN3O2/c1-2-18-5-7-19(8-6-18)14-9-12(3-4-13(14)16)10-17-11-15(20)21/h3-4,9,17H,2,5-8,10-11H2,1H3,(H,20,21). The van der Waals surface area contributed by atoms with Crippen LogP contribution in [0.15, 0.2) is 18.2 Å². The van der Waals surface area contributed by atoms with Gasteiger partial charge in [-0.05, 0) is 24.2 Å². The van der Waals surface area contributed by atoms with E-state index >= 15 is 0 Å². The SMILES string of the molecule is CCN1CCN(c2cc(CNCC(=O)O)ccc2F)CC1. The van der Waals surface area contributed by atoms with Gasteiger partial charge in [-0.1, -0.05) is 13.0 Å². The number of anilines is 1. The van der Waals surface area contributed by atoms with Gasteiger partial charge in [-0.15, -0.1) is 0 Å². The van der Waals surface area contributed by atoms with Crippen LogP contribution in [0, 0.1) is 5.82 Å². The monoisotopic (exact) mass is 295 g/mol. The minimum Gasteiger partial charge on any atom is -0.480 e. The quantitative estimate of drug-likeness (QED) is 0.824. The molecule has 0 radical (unpaired) electrons. The highest BCUT2D eigenvalue weighted by Gasteiger charge is 2.18. The molecule has 1 aromatic rings. The maximum Gasteiger partial charge on any atom is 0.317 e. The number of nitrogens with one attached hydrogen (secondary N) is 1. The second kappa shape index (κ2) is 7.38. The largest absolute Gasteiger partial charge is 0.480 e. The third kappa shape index (κ3) is 4.41. The number of aliphatic carboxylic acids is 1. The van der Waals surface area contributed by atoms with E-state index in [0.29, 0.717) is 12.2 Å². The lowest BCUT2D eigenvalue weighted by Gasteiger charge is -2.35. The van der Waals surface area contributed by atoms with Crippen molar-refractivity contribution in [2.45, 2.75) is 13.5 Å². The van der Waals surface area contributed by atoms with Crippen LogP contribution in [0.5, 0.6) is 0 Å². The van der Waals surface area contributed by atoms with Crippen LogP contribution in [-0.4, -0.2) is 55.2 Å². The number of halogens is 1. The van der Waals surface area contributed by atoms with Gasteiger partial charge in [0.2, 0.25) is 0 Å². The molecule has 6 heteroatoms. The van der Waals surface area contributed by atoms with Crippen molar-refractivity contribution in [1.29, 1.82) is 0 Å². The maximum absolute atomic E-state index is 14.0. The summed E-state index contributed by atoms with van der Waals surface area (Å²) in [6, 6.07) is 4.96. The molecule has 116 valence electrons. The number of carboxylic acid groups (broad SMARTS) is 1. The zero-order chi connectivity index (χ0) is 15.2. The number of likely N-dealkylation sites (N-methyl/N-ethyl adjacent to an activating group) is 1. The van der Waals surface area contributed by atoms with E-state index in [9.17, 15) is 9.18 Å². The lowest BCUT2D eigenvalue weighted by Crippen LogP contribution is -2.46. The van der Waals surface area contributed by atoms with Gasteiger partial charge >= 0.3 is 5.97 Å². The number of hydrogen-bond donors (Lipinski definition) is 2. The van der Waals surface area contributed by atoms with Crippen molar-refractivity contribution < 1.29 is 14.3 Å². The fourth-order valence-electron chi connectivity index (χ4n) is 2.53. The zero-order valence-corrected chi connectivity index (χ0v) is 12.3. The van der Waals surface area contributed by atoms with Gasteiger partial charge in [-0.25, -0.2) is 4.39 Å². The average Bonchev–Trinajstić information content (AvgIpc) is 2.49. The fraction of sp³-hybridized carbons (Fsp3) is 0.533. The van der Waals surface area contributed by atoms with E-state index in [0.717, 1.165) is 38.3 Å².